The molecule has 5 rings (SSSR count). The monoisotopic (exact) mass is 423 g/mol. The number of benzene rings is 2. The second kappa shape index (κ2) is 7.50. The SMILES string of the molecule is Cc1ccc(C)c(N2C(=O)C(=O)/C(=C(\O)c3c[nH]c4ccccc34)C2c2cccnc2)c1. The molecule has 32 heavy (non-hydrogen) atoms. The van der Waals surface area contributed by atoms with Crippen LogP contribution in [0.1, 0.15) is 28.3 Å². The molecule has 3 heterocycles. The van der Waals surface area contributed by atoms with Crippen LogP contribution in [0.25, 0.3) is 16.7 Å². The van der Waals surface area contributed by atoms with Gasteiger partial charge in [-0.15, -0.1) is 0 Å². The lowest BCUT2D eigenvalue weighted by atomic mass is 9.95. The first-order valence-corrected chi connectivity index (χ1v) is 10.3. The number of aromatic amines is 1. The number of carbonyl (C=O) groups is 2. The Bertz CT molecular complexity index is 1400. The third-order valence-corrected chi connectivity index (χ3v) is 5.91. The summed E-state index contributed by atoms with van der Waals surface area (Å²) >= 11 is 0. The molecule has 4 aromatic rings. The van der Waals surface area contributed by atoms with Crippen molar-refractivity contribution in [2.45, 2.75) is 19.9 Å². The fraction of sp³-hybridized carbons (Fsp3) is 0.115. The van der Waals surface area contributed by atoms with Gasteiger partial charge < -0.3 is 10.1 Å². The second-order valence-corrected chi connectivity index (χ2v) is 7.99. The summed E-state index contributed by atoms with van der Waals surface area (Å²) in [5, 5.41) is 12.1. The number of amides is 1. The van der Waals surface area contributed by atoms with Gasteiger partial charge in [-0.05, 0) is 48.7 Å². The van der Waals surface area contributed by atoms with E-state index in [4.69, 9.17) is 0 Å². The summed E-state index contributed by atoms with van der Waals surface area (Å²) < 4.78 is 0. The van der Waals surface area contributed by atoms with E-state index in [0.717, 1.165) is 22.0 Å². The van der Waals surface area contributed by atoms with E-state index < -0.39 is 17.7 Å². The summed E-state index contributed by atoms with van der Waals surface area (Å²) in [6.07, 6.45) is 4.91. The summed E-state index contributed by atoms with van der Waals surface area (Å²) in [6.45, 7) is 3.83. The lowest BCUT2D eigenvalue weighted by Crippen LogP contribution is -2.30. The van der Waals surface area contributed by atoms with Gasteiger partial charge in [0.2, 0.25) is 0 Å². The number of H-pyrrole nitrogens is 1. The summed E-state index contributed by atoms with van der Waals surface area (Å²) in [5.41, 5.74) is 4.47. The number of nitrogens with zero attached hydrogens (tertiary/aromatic N) is 2. The molecular weight excluding hydrogens is 402 g/mol. The maximum atomic E-state index is 13.3. The maximum absolute atomic E-state index is 13.3. The standard InChI is InChI=1S/C26H21N3O3/c1-15-9-10-16(2)21(12-15)29-23(17-6-5-11-27-13-17)22(25(31)26(29)32)24(30)19-14-28-20-8-4-3-7-18(19)20/h3-14,23,28,30H,1-2H3/b24-22-. The van der Waals surface area contributed by atoms with E-state index in [1.807, 2.05) is 62.4 Å². The van der Waals surface area contributed by atoms with Crippen LogP contribution in [0.3, 0.4) is 0 Å². The van der Waals surface area contributed by atoms with Crippen molar-refractivity contribution in [3.63, 3.8) is 0 Å². The van der Waals surface area contributed by atoms with Crippen LogP contribution in [-0.2, 0) is 9.59 Å². The van der Waals surface area contributed by atoms with Crippen LogP contribution in [0, 0.1) is 13.8 Å². The molecule has 1 aliphatic rings. The first-order valence-electron chi connectivity index (χ1n) is 10.3. The number of hydrogen-bond donors (Lipinski definition) is 2. The Morgan fingerprint density at radius 1 is 1.06 bits per heavy atom. The molecule has 1 aliphatic heterocycles. The summed E-state index contributed by atoms with van der Waals surface area (Å²) in [6, 6.07) is 16.0. The van der Waals surface area contributed by atoms with E-state index in [1.165, 1.54) is 4.90 Å². The van der Waals surface area contributed by atoms with Crippen molar-refractivity contribution in [3.8, 4) is 0 Å². The minimum absolute atomic E-state index is 0.0497. The Kier molecular flexibility index (Phi) is 4.63. The number of ketones is 1. The van der Waals surface area contributed by atoms with Gasteiger partial charge in [-0.1, -0.05) is 36.4 Å². The number of aromatic nitrogens is 2. The molecule has 1 saturated heterocycles. The second-order valence-electron chi connectivity index (χ2n) is 7.99. The van der Waals surface area contributed by atoms with Gasteiger partial charge in [-0.3, -0.25) is 19.5 Å². The Balaban J connectivity index is 1.78. The molecule has 0 spiro atoms. The van der Waals surface area contributed by atoms with E-state index in [9.17, 15) is 14.7 Å². The van der Waals surface area contributed by atoms with E-state index in [1.54, 1.807) is 24.7 Å². The molecule has 0 radical (unpaired) electrons. The smallest absolute Gasteiger partial charge is 0.300 e. The minimum Gasteiger partial charge on any atom is -0.507 e. The molecule has 2 aromatic heterocycles. The quantitative estimate of drug-likeness (QED) is 0.281. The Hall–Kier alpha value is -4.19. The third-order valence-electron chi connectivity index (χ3n) is 5.91. The van der Waals surface area contributed by atoms with Crippen LogP contribution in [0.4, 0.5) is 5.69 Å². The average Bonchev–Trinajstić information content (AvgIpc) is 3.35. The molecule has 6 heteroatoms. The summed E-state index contributed by atoms with van der Waals surface area (Å²) in [5.74, 6) is -1.60. The summed E-state index contributed by atoms with van der Waals surface area (Å²) in [7, 11) is 0. The molecular formula is C26H21N3O3. The highest BCUT2D eigenvalue weighted by molar-refractivity contribution is 6.52. The number of para-hydroxylation sites is 1. The van der Waals surface area contributed by atoms with Crippen LogP contribution < -0.4 is 4.90 Å². The molecule has 0 bridgehead atoms. The number of rotatable bonds is 3. The maximum Gasteiger partial charge on any atom is 0.300 e. The van der Waals surface area contributed by atoms with Gasteiger partial charge in [0.25, 0.3) is 11.7 Å². The zero-order valence-corrected chi connectivity index (χ0v) is 17.7. The van der Waals surface area contributed by atoms with Gasteiger partial charge in [0.15, 0.2) is 0 Å². The highest BCUT2D eigenvalue weighted by atomic mass is 16.3. The predicted molar refractivity (Wildman–Crippen MR) is 123 cm³/mol. The summed E-state index contributed by atoms with van der Waals surface area (Å²) in [4.78, 5) is 35.4. The molecule has 1 atom stereocenters. The van der Waals surface area contributed by atoms with Gasteiger partial charge in [0.1, 0.15) is 5.76 Å². The number of fused-ring (bicyclic) bond motifs is 1. The van der Waals surface area contributed by atoms with Crippen molar-refractivity contribution in [2.75, 3.05) is 4.90 Å². The predicted octanol–water partition coefficient (Wildman–Crippen LogP) is 4.81. The Morgan fingerprint density at radius 2 is 1.88 bits per heavy atom. The zero-order chi connectivity index (χ0) is 22.4. The molecule has 6 nitrogen and oxygen atoms in total. The van der Waals surface area contributed by atoms with E-state index in [0.29, 0.717) is 16.8 Å². The van der Waals surface area contributed by atoms with Gasteiger partial charge in [0, 0.05) is 40.7 Å². The number of nitrogens with one attached hydrogen (secondary N) is 1. The molecule has 2 aromatic carbocycles. The van der Waals surface area contributed by atoms with Crippen LogP contribution in [0.5, 0.6) is 0 Å². The van der Waals surface area contributed by atoms with Crippen molar-refractivity contribution in [3.05, 3.63) is 101 Å². The van der Waals surface area contributed by atoms with Crippen LogP contribution in [0.15, 0.2) is 78.8 Å². The average molecular weight is 423 g/mol. The number of anilines is 1. The van der Waals surface area contributed by atoms with Crippen molar-refractivity contribution >= 4 is 34.0 Å². The number of hydrogen-bond acceptors (Lipinski definition) is 4. The van der Waals surface area contributed by atoms with Crippen molar-refractivity contribution in [1.82, 2.24) is 9.97 Å². The van der Waals surface area contributed by atoms with Gasteiger partial charge in [-0.25, -0.2) is 0 Å². The molecule has 1 unspecified atom stereocenters. The number of aliphatic hydroxyl groups is 1. The van der Waals surface area contributed by atoms with Crippen molar-refractivity contribution < 1.29 is 14.7 Å². The van der Waals surface area contributed by atoms with Crippen LogP contribution >= 0.6 is 0 Å². The molecule has 1 fully saturated rings. The first kappa shape index (κ1) is 19.8. The first-order chi connectivity index (χ1) is 15.5. The van der Waals surface area contributed by atoms with E-state index in [-0.39, 0.29) is 11.3 Å². The van der Waals surface area contributed by atoms with Crippen molar-refractivity contribution in [2.24, 2.45) is 0 Å². The molecule has 158 valence electrons. The molecule has 0 saturated carbocycles. The lowest BCUT2D eigenvalue weighted by molar-refractivity contribution is -0.132. The van der Waals surface area contributed by atoms with Crippen LogP contribution in [0.2, 0.25) is 0 Å². The van der Waals surface area contributed by atoms with Gasteiger partial charge >= 0.3 is 0 Å². The molecule has 0 aliphatic carbocycles. The van der Waals surface area contributed by atoms with Crippen molar-refractivity contribution in [1.29, 1.82) is 0 Å². The van der Waals surface area contributed by atoms with Gasteiger partial charge in [-0.2, -0.15) is 0 Å². The Labute approximate surface area is 184 Å². The number of carbonyl (C=O) groups excluding carboxylic acids is 2. The zero-order valence-electron chi connectivity index (χ0n) is 17.7. The number of pyridine rings is 1. The Morgan fingerprint density at radius 3 is 2.66 bits per heavy atom. The van der Waals surface area contributed by atoms with E-state index in [2.05, 4.69) is 9.97 Å². The highest BCUT2D eigenvalue weighted by Gasteiger charge is 2.47. The lowest BCUT2D eigenvalue weighted by Gasteiger charge is -2.26. The minimum atomic E-state index is -0.794. The fourth-order valence-electron chi connectivity index (χ4n) is 4.33. The molecule has 2 N–H and O–H groups in total. The number of aryl methyl sites for hydroxylation is 2. The highest BCUT2D eigenvalue weighted by Crippen LogP contribution is 2.43. The van der Waals surface area contributed by atoms with E-state index >= 15 is 0 Å². The fourth-order valence-corrected chi connectivity index (χ4v) is 4.33. The largest absolute Gasteiger partial charge is 0.507 e. The third kappa shape index (κ3) is 3.00. The number of Topliss-reactive ketones (excluding diaryl/α,β-unsaturated/α-hetero) is 1. The van der Waals surface area contributed by atoms with Crippen LogP contribution in [-0.4, -0.2) is 26.8 Å². The number of aliphatic hydroxyl groups excluding tert-OH is 1. The molecule has 1 amide bonds. The normalized spacial score (nSPS) is 17.9. The van der Waals surface area contributed by atoms with Gasteiger partial charge in [0.05, 0.1) is 11.6 Å². The topological polar surface area (TPSA) is 86.3 Å².